The van der Waals surface area contributed by atoms with Gasteiger partial charge in [-0.3, -0.25) is 14.5 Å². The fourth-order valence-electron chi connectivity index (χ4n) is 6.70. The van der Waals surface area contributed by atoms with Gasteiger partial charge in [0, 0.05) is 57.4 Å². The van der Waals surface area contributed by atoms with E-state index in [1.54, 1.807) is 6.07 Å². The van der Waals surface area contributed by atoms with Gasteiger partial charge in [-0.15, -0.1) is 0 Å². The van der Waals surface area contributed by atoms with Crippen LogP contribution in [0.1, 0.15) is 67.6 Å². The Morgan fingerprint density at radius 2 is 1.82 bits per heavy atom. The normalized spacial score (nSPS) is 20.7. The number of aromatic hydroxyl groups is 1. The molecule has 2 saturated heterocycles. The van der Waals surface area contributed by atoms with Gasteiger partial charge in [-0.2, -0.15) is 0 Å². The van der Waals surface area contributed by atoms with E-state index in [4.69, 9.17) is 4.74 Å². The van der Waals surface area contributed by atoms with Gasteiger partial charge in [-0.05, 0) is 92.3 Å². The van der Waals surface area contributed by atoms with Gasteiger partial charge in [0.2, 0.25) is 0 Å². The lowest BCUT2D eigenvalue weighted by molar-refractivity contribution is -0.143. The van der Waals surface area contributed by atoms with Crippen molar-refractivity contribution in [2.24, 2.45) is 0 Å². The number of nitrogens with zero attached hydrogens (tertiary/aromatic N) is 3. The quantitative estimate of drug-likeness (QED) is 0.403. The molecule has 2 fully saturated rings. The smallest absolute Gasteiger partial charge is 0.307 e. The van der Waals surface area contributed by atoms with Crippen molar-refractivity contribution in [3.63, 3.8) is 0 Å². The third-order valence-electron chi connectivity index (χ3n) is 9.13. The van der Waals surface area contributed by atoms with E-state index < -0.39 is 0 Å². The molecule has 2 aliphatic heterocycles. The van der Waals surface area contributed by atoms with E-state index in [0.717, 1.165) is 50.3 Å². The molecule has 0 spiro atoms. The van der Waals surface area contributed by atoms with E-state index >= 15 is 0 Å². The predicted molar refractivity (Wildman–Crippen MR) is 178 cm³/mol. The lowest BCUT2D eigenvalue weighted by atomic mass is 9.93. The number of piperazine rings is 1. The summed E-state index contributed by atoms with van der Waals surface area (Å²) in [5.41, 5.74) is 7.21. The van der Waals surface area contributed by atoms with Gasteiger partial charge in [0.25, 0.3) is 5.91 Å². The molecule has 2 heterocycles. The molecule has 2 aromatic rings. The fraction of sp³-hybridized carbons (Fsp3) is 0.459. The van der Waals surface area contributed by atoms with Crippen LogP contribution in [0.25, 0.3) is 0 Å². The number of allylic oxidation sites excluding steroid dienone is 6. The molecule has 2 atom stereocenters. The van der Waals surface area contributed by atoms with E-state index in [0.29, 0.717) is 44.3 Å². The van der Waals surface area contributed by atoms with Crippen LogP contribution in [0.5, 0.6) is 5.75 Å². The zero-order valence-corrected chi connectivity index (χ0v) is 27.0. The van der Waals surface area contributed by atoms with Crippen molar-refractivity contribution in [2.45, 2.75) is 52.1 Å². The summed E-state index contributed by atoms with van der Waals surface area (Å²) >= 11 is 0. The maximum absolute atomic E-state index is 13.6. The molecule has 2 aliphatic carbocycles. The summed E-state index contributed by atoms with van der Waals surface area (Å²) in [6.07, 6.45) is 9.12. The predicted octanol–water partition coefficient (Wildman–Crippen LogP) is 5.08. The Morgan fingerprint density at radius 3 is 2.49 bits per heavy atom. The number of carbonyl (C=O) groups excluding carboxylic acids is 2. The summed E-state index contributed by atoms with van der Waals surface area (Å²) in [6.45, 7) is 12.9. The number of ether oxygens (including phenoxy) is 1. The Morgan fingerprint density at radius 1 is 1.02 bits per heavy atom. The van der Waals surface area contributed by atoms with Crippen molar-refractivity contribution in [3.05, 3.63) is 100 Å². The van der Waals surface area contributed by atoms with Crippen LogP contribution in [0.3, 0.4) is 0 Å². The Bertz CT molecular complexity index is 1450. The molecule has 0 radical (unpaired) electrons. The van der Waals surface area contributed by atoms with Gasteiger partial charge in [0.05, 0.1) is 19.1 Å². The van der Waals surface area contributed by atoms with Crippen LogP contribution in [0.4, 0.5) is 0 Å². The molecule has 8 nitrogen and oxygen atoms in total. The standard InChI is InChI=1S/C29H40N4O4.C8H8/c1-3-37-27(35)11-15-31-13-6-14-32(18-17-31)29(36)25-9-4-7-23(19-25)28(24-8-5-10-26(34)20-24)33-16-12-30-21-22(33)2;1-6-4-7-2-3-8(6)5-7/h4-5,7-10,19-20,22,28,30,34H,3,6,11-18,21H2,1-2H3;2-4H,5H2,1H3/t22-,28+;/m0./s1. The van der Waals surface area contributed by atoms with Crippen LogP contribution in [0.15, 0.2) is 83.5 Å². The number of rotatable bonds is 8. The van der Waals surface area contributed by atoms with E-state index in [1.807, 2.05) is 48.2 Å². The van der Waals surface area contributed by atoms with Gasteiger partial charge in [-0.1, -0.05) is 42.5 Å². The molecular weight excluding hydrogens is 564 g/mol. The highest BCUT2D eigenvalue weighted by atomic mass is 16.5. The van der Waals surface area contributed by atoms with Crippen LogP contribution in [-0.4, -0.2) is 96.7 Å². The molecule has 6 rings (SSSR count). The van der Waals surface area contributed by atoms with Crippen molar-refractivity contribution in [1.29, 1.82) is 0 Å². The zero-order chi connectivity index (χ0) is 31.8. The van der Waals surface area contributed by atoms with Gasteiger partial charge in [-0.25, -0.2) is 0 Å². The van der Waals surface area contributed by atoms with Crippen molar-refractivity contribution in [1.82, 2.24) is 20.0 Å². The number of nitrogens with one attached hydrogen (secondary N) is 1. The van der Waals surface area contributed by atoms with Crippen molar-refractivity contribution in [3.8, 4) is 5.75 Å². The van der Waals surface area contributed by atoms with E-state index in [9.17, 15) is 14.7 Å². The summed E-state index contributed by atoms with van der Waals surface area (Å²) in [5.74, 6) is 0.114. The summed E-state index contributed by atoms with van der Waals surface area (Å²) < 4.78 is 5.05. The number of fused-ring (bicyclic) bond motifs is 2. The Kier molecular flexibility index (Phi) is 11.3. The van der Waals surface area contributed by atoms with E-state index in [2.05, 4.69) is 53.3 Å². The number of hydrogen-bond acceptors (Lipinski definition) is 7. The minimum absolute atomic E-state index is 0.0390. The van der Waals surface area contributed by atoms with E-state index in [-0.39, 0.29) is 23.7 Å². The molecule has 2 aromatic carbocycles. The lowest BCUT2D eigenvalue weighted by Crippen LogP contribution is -2.51. The van der Waals surface area contributed by atoms with Gasteiger partial charge < -0.3 is 25.0 Å². The van der Waals surface area contributed by atoms with Crippen LogP contribution < -0.4 is 5.32 Å². The Hall–Kier alpha value is -3.72. The maximum atomic E-state index is 13.6. The van der Waals surface area contributed by atoms with Crippen LogP contribution in [-0.2, 0) is 9.53 Å². The number of amides is 1. The molecule has 8 heteroatoms. The minimum atomic E-state index is -0.170. The monoisotopic (exact) mass is 612 g/mol. The van der Waals surface area contributed by atoms with Gasteiger partial charge in [0.15, 0.2) is 0 Å². The summed E-state index contributed by atoms with van der Waals surface area (Å²) in [4.78, 5) is 31.9. The van der Waals surface area contributed by atoms with Gasteiger partial charge >= 0.3 is 5.97 Å². The van der Waals surface area contributed by atoms with E-state index in [1.165, 1.54) is 23.1 Å². The molecular formula is C37H48N4O4. The number of phenols is 1. The minimum Gasteiger partial charge on any atom is -0.508 e. The highest BCUT2D eigenvalue weighted by Gasteiger charge is 2.30. The molecule has 0 saturated carbocycles. The lowest BCUT2D eigenvalue weighted by Gasteiger charge is -2.40. The first-order valence-electron chi connectivity index (χ1n) is 16.4. The first-order valence-corrected chi connectivity index (χ1v) is 16.4. The van der Waals surface area contributed by atoms with Crippen LogP contribution >= 0.6 is 0 Å². The summed E-state index contributed by atoms with van der Waals surface area (Å²) in [6, 6.07) is 15.7. The van der Waals surface area contributed by atoms with Crippen molar-refractivity contribution < 1.29 is 19.4 Å². The third-order valence-corrected chi connectivity index (χ3v) is 9.13. The van der Waals surface area contributed by atoms with Crippen molar-refractivity contribution >= 4 is 11.9 Å². The maximum Gasteiger partial charge on any atom is 0.307 e. The number of esters is 1. The Labute approximate surface area is 268 Å². The topological polar surface area (TPSA) is 85.3 Å². The molecule has 240 valence electrons. The van der Waals surface area contributed by atoms with Crippen LogP contribution in [0.2, 0.25) is 0 Å². The largest absolute Gasteiger partial charge is 0.508 e. The molecule has 0 aromatic heterocycles. The molecule has 0 unspecified atom stereocenters. The van der Waals surface area contributed by atoms with Crippen molar-refractivity contribution in [2.75, 3.05) is 59.0 Å². The Balaban J connectivity index is 0.000000428. The average molecular weight is 613 g/mol. The molecule has 45 heavy (non-hydrogen) atoms. The van der Waals surface area contributed by atoms with Gasteiger partial charge in [0.1, 0.15) is 5.75 Å². The number of carbonyl (C=O) groups is 2. The first-order chi connectivity index (χ1) is 21.8. The number of hydrogen-bond donors (Lipinski definition) is 2. The molecule has 2 bridgehead atoms. The number of phenolic OH excluding ortho intramolecular Hbond substituents is 1. The summed E-state index contributed by atoms with van der Waals surface area (Å²) in [5, 5.41) is 13.7. The highest BCUT2D eigenvalue weighted by Crippen LogP contribution is 2.34. The molecule has 4 aliphatic rings. The second kappa shape index (κ2) is 15.5. The SMILES string of the molecule is CC1=C2C=CC(=C1)C2.CCOC(=O)CCN1CCCN(C(=O)c2cccc([C@H](c3cccc(O)c3)N3CCNC[C@@H]3C)c2)CC1. The first kappa shape index (κ1) is 32.7. The van der Waals surface area contributed by atoms with Crippen LogP contribution in [0, 0.1) is 0 Å². The fourth-order valence-corrected chi connectivity index (χ4v) is 6.70. The highest BCUT2D eigenvalue weighted by molar-refractivity contribution is 5.94. The second-order valence-electron chi connectivity index (χ2n) is 12.4. The molecule has 2 N–H and O–H groups in total. The average Bonchev–Trinajstić information content (AvgIpc) is 3.56. The molecule has 1 amide bonds. The third kappa shape index (κ3) is 8.51. The zero-order valence-electron chi connectivity index (χ0n) is 27.0. The summed E-state index contributed by atoms with van der Waals surface area (Å²) in [7, 11) is 0. The number of benzene rings is 2. The second-order valence-corrected chi connectivity index (χ2v) is 12.4.